The van der Waals surface area contributed by atoms with E-state index in [2.05, 4.69) is 6.92 Å². The molecule has 5 nitrogen and oxygen atoms in total. The third kappa shape index (κ3) is 5.28. The van der Waals surface area contributed by atoms with Crippen LogP contribution in [0.15, 0.2) is 4.99 Å². The summed E-state index contributed by atoms with van der Waals surface area (Å²) in [7, 11) is 1.78. The van der Waals surface area contributed by atoms with Crippen molar-refractivity contribution in [1.29, 1.82) is 0 Å². The number of aliphatic imine (C=N–C) groups is 1. The molecule has 1 heterocycles. The van der Waals surface area contributed by atoms with E-state index in [-0.39, 0.29) is 5.91 Å². The van der Waals surface area contributed by atoms with Crippen LogP contribution in [-0.4, -0.2) is 42.1 Å². The maximum atomic E-state index is 13.2. The molecule has 28 heavy (non-hydrogen) atoms. The second-order valence-corrected chi connectivity index (χ2v) is 9.49. The number of guanidine groups is 1. The van der Waals surface area contributed by atoms with E-state index in [4.69, 9.17) is 15.5 Å². The molecular weight excluding hydrogens is 350 g/mol. The number of hydrogen-bond acceptors (Lipinski definition) is 4. The van der Waals surface area contributed by atoms with E-state index >= 15 is 0 Å². The fraction of sp³-hybridized carbons (Fsp3) is 0.913. The lowest BCUT2D eigenvalue weighted by molar-refractivity contribution is -0.131. The van der Waals surface area contributed by atoms with E-state index in [9.17, 15) is 4.79 Å². The van der Waals surface area contributed by atoms with Gasteiger partial charge in [-0.1, -0.05) is 58.3 Å². The number of nitrogens with two attached hydrogens (primary N) is 1. The Morgan fingerprint density at radius 3 is 2.57 bits per heavy atom. The molecule has 0 aromatic rings. The molecule has 5 heteroatoms. The van der Waals surface area contributed by atoms with E-state index in [1.807, 2.05) is 0 Å². The average molecular weight is 392 g/mol. The number of ether oxygens (including phenoxy) is 1. The highest BCUT2D eigenvalue weighted by Gasteiger charge is 2.48. The Bertz CT molecular complexity index is 544. The number of nitrogens with zero attached hydrogens (tertiary/aromatic N) is 2. The molecule has 2 fully saturated rings. The first-order valence-corrected chi connectivity index (χ1v) is 11.8. The quantitative estimate of drug-likeness (QED) is 0.582. The fourth-order valence-electron chi connectivity index (χ4n) is 5.53. The average Bonchev–Trinajstić information content (AvgIpc) is 2.92. The first-order valence-electron chi connectivity index (χ1n) is 11.8. The van der Waals surface area contributed by atoms with Crippen LogP contribution < -0.4 is 5.73 Å². The summed E-state index contributed by atoms with van der Waals surface area (Å²) in [6.07, 6.45) is 16.8. The molecular formula is C23H41N3O2. The lowest BCUT2D eigenvalue weighted by atomic mass is 9.74. The van der Waals surface area contributed by atoms with Crippen molar-refractivity contribution < 1.29 is 9.53 Å². The van der Waals surface area contributed by atoms with Crippen LogP contribution in [0.1, 0.15) is 96.8 Å². The summed E-state index contributed by atoms with van der Waals surface area (Å²) in [5.41, 5.74) is 5.48. The lowest BCUT2D eigenvalue weighted by Gasteiger charge is -2.35. The molecule has 0 spiro atoms. The van der Waals surface area contributed by atoms with Crippen LogP contribution in [0.5, 0.6) is 0 Å². The van der Waals surface area contributed by atoms with Crippen LogP contribution in [0.2, 0.25) is 0 Å². The number of amides is 1. The summed E-state index contributed by atoms with van der Waals surface area (Å²) in [6.45, 7) is 3.07. The number of hydrogen-bond donors (Lipinski definition) is 1. The molecule has 0 radical (unpaired) electrons. The number of likely N-dealkylation sites (N-methyl/N-ethyl adjacent to an activating group) is 1. The van der Waals surface area contributed by atoms with Gasteiger partial charge in [0.05, 0.1) is 6.10 Å². The normalized spacial score (nSPS) is 32.0. The highest BCUT2D eigenvalue weighted by atomic mass is 16.5. The molecule has 3 rings (SSSR count). The molecule has 3 atom stereocenters. The van der Waals surface area contributed by atoms with Crippen molar-refractivity contribution in [3.63, 3.8) is 0 Å². The summed E-state index contributed by atoms with van der Waals surface area (Å²) in [5, 5.41) is 0. The van der Waals surface area contributed by atoms with Crippen molar-refractivity contribution in [2.75, 3.05) is 13.7 Å². The largest absolute Gasteiger partial charge is 0.378 e. The predicted molar refractivity (Wildman–Crippen MR) is 114 cm³/mol. The van der Waals surface area contributed by atoms with E-state index in [0.29, 0.717) is 18.0 Å². The molecule has 2 saturated carbocycles. The molecule has 0 aromatic heterocycles. The molecule has 1 amide bonds. The molecule has 1 aliphatic heterocycles. The first-order chi connectivity index (χ1) is 13.5. The van der Waals surface area contributed by atoms with Crippen LogP contribution in [0.4, 0.5) is 0 Å². The minimum atomic E-state index is -0.619. The number of unbranched alkanes of at least 4 members (excludes halogenated alkanes) is 1. The van der Waals surface area contributed by atoms with Gasteiger partial charge in [0.15, 0.2) is 5.96 Å². The zero-order chi connectivity index (χ0) is 20.0. The van der Waals surface area contributed by atoms with Gasteiger partial charge in [-0.25, -0.2) is 4.99 Å². The van der Waals surface area contributed by atoms with Gasteiger partial charge in [0, 0.05) is 13.7 Å². The smallest absolute Gasteiger partial charge is 0.257 e. The van der Waals surface area contributed by atoms with Gasteiger partial charge in [0.1, 0.15) is 5.54 Å². The molecule has 2 N–H and O–H groups in total. The topological polar surface area (TPSA) is 67.9 Å². The van der Waals surface area contributed by atoms with Gasteiger partial charge >= 0.3 is 0 Å². The van der Waals surface area contributed by atoms with Crippen LogP contribution in [-0.2, 0) is 9.53 Å². The summed E-state index contributed by atoms with van der Waals surface area (Å²) in [5.74, 6) is 1.80. The van der Waals surface area contributed by atoms with Gasteiger partial charge < -0.3 is 10.5 Å². The van der Waals surface area contributed by atoms with E-state index in [0.717, 1.165) is 51.0 Å². The molecule has 0 aromatic carbocycles. The van der Waals surface area contributed by atoms with Crippen LogP contribution in [0, 0.1) is 11.8 Å². The van der Waals surface area contributed by atoms with Crippen molar-refractivity contribution in [3.8, 4) is 0 Å². The summed E-state index contributed by atoms with van der Waals surface area (Å²) in [4.78, 5) is 19.5. The van der Waals surface area contributed by atoms with E-state index < -0.39 is 5.54 Å². The summed E-state index contributed by atoms with van der Waals surface area (Å²) < 4.78 is 6.12. The second kappa shape index (κ2) is 10.1. The Labute approximate surface area is 171 Å². The Balaban J connectivity index is 1.63. The fourth-order valence-corrected chi connectivity index (χ4v) is 5.53. The maximum absolute atomic E-state index is 13.2. The highest BCUT2D eigenvalue weighted by Crippen LogP contribution is 2.40. The highest BCUT2D eigenvalue weighted by molar-refractivity contribution is 6.06. The van der Waals surface area contributed by atoms with Crippen LogP contribution >= 0.6 is 0 Å². The van der Waals surface area contributed by atoms with Crippen molar-refractivity contribution in [2.24, 2.45) is 22.6 Å². The first kappa shape index (κ1) is 21.6. The standard InChI is InChI=1S/C23H41N3O2/c1-3-4-15-28-20-12-8-11-19(16-20)17-23(21(27)26(2)22(24)25-23)14-13-18-9-6-5-7-10-18/h18-20H,3-17H2,1-2H3,(H2,24,25)/t19-,20?,23-/m1/s1. The molecule has 0 bridgehead atoms. The SMILES string of the molecule is CCCCOC1CCC[C@@H](C[C@@]2(CCC3CCCCC3)N=C(N)N(C)C2=O)C1. The Hall–Kier alpha value is -1.10. The molecule has 3 aliphatic rings. The van der Waals surface area contributed by atoms with Gasteiger partial charge in [-0.15, -0.1) is 0 Å². The summed E-state index contributed by atoms with van der Waals surface area (Å²) in [6, 6.07) is 0. The second-order valence-electron chi connectivity index (χ2n) is 9.49. The zero-order valence-corrected chi connectivity index (χ0v) is 18.1. The van der Waals surface area contributed by atoms with E-state index in [1.165, 1.54) is 51.4 Å². The molecule has 2 aliphatic carbocycles. The monoisotopic (exact) mass is 391 g/mol. The van der Waals surface area contributed by atoms with Gasteiger partial charge in [-0.2, -0.15) is 0 Å². The predicted octanol–water partition coefficient (Wildman–Crippen LogP) is 4.64. The van der Waals surface area contributed by atoms with Crippen LogP contribution in [0.25, 0.3) is 0 Å². The zero-order valence-electron chi connectivity index (χ0n) is 18.1. The molecule has 0 saturated heterocycles. The van der Waals surface area contributed by atoms with Crippen molar-refractivity contribution in [2.45, 2.75) is 108 Å². The van der Waals surface area contributed by atoms with Gasteiger partial charge in [-0.3, -0.25) is 9.69 Å². The molecule has 1 unspecified atom stereocenters. The third-order valence-electron chi connectivity index (χ3n) is 7.28. The maximum Gasteiger partial charge on any atom is 0.257 e. The lowest BCUT2D eigenvalue weighted by Crippen LogP contribution is -2.44. The van der Waals surface area contributed by atoms with Crippen LogP contribution in [0.3, 0.4) is 0 Å². The van der Waals surface area contributed by atoms with Gasteiger partial charge in [0.25, 0.3) is 5.91 Å². The van der Waals surface area contributed by atoms with Crippen molar-refractivity contribution >= 4 is 11.9 Å². The Morgan fingerprint density at radius 2 is 1.89 bits per heavy atom. The van der Waals surface area contributed by atoms with E-state index in [1.54, 1.807) is 11.9 Å². The minimum Gasteiger partial charge on any atom is -0.378 e. The number of rotatable bonds is 9. The van der Waals surface area contributed by atoms with Crippen molar-refractivity contribution in [3.05, 3.63) is 0 Å². The van der Waals surface area contributed by atoms with Gasteiger partial charge in [0.2, 0.25) is 0 Å². The Morgan fingerprint density at radius 1 is 1.14 bits per heavy atom. The third-order valence-corrected chi connectivity index (χ3v) is 7.28. The molecule has 160 valence electrons. The summed E-state index contributed by atoms with van der Waals surface area (Å²) >= 11 is 0. The minimum absolute atomic E-state index is 0.120. The number of carbonyl (C=O) groups is 1. The number of carbonyl (C=O) groups excluding carboxylic acids is 1. The Kier molecular flexibility index (Phi) is 7.78. The van der Waals surface area contributed by atoms with Crippen molar-refractivity contribution in [1.82, 2.24) is 4.90 Å². The van der Waals surface area contributed by atoms with Gasteiger partial charge in [-0.05, 0) is 50.4 Å².